The number of aliphatic hydroxyl groups is 1. The number of benzene rings is 1. The standard InChI is InChI=1S/C24H26N6O3/c25-16-10-19(33-22(21(16)31)14-6-7-14)15-8-9-27-11-18(15)30-24(32)20-23(26)28-12-17(29-20)13-4-2-1-3-5-13/h1-5,8-9,11-12,14,16,19,21-22,31H,6-7,10,25H2,(H2,26,28)(H,30,32)/t16-,19-,21+,22?/m0/s1. The molecule has 2 fully saturated rings. The number of nitrogen functional groups attached to an aromatic ring is 1. The number of nitrogens with zero attached hydrogens (tertiary/aromatic N) is 3. The van der Waals surface area contributed by atoms with Crippen molar-refractivity contribution in [3.8, 4) is 11.3 Å². The summed E-state index contributed by atoms with van der Waals surface area (Å²) in [6.07, 6.45) is 5.86. The van der Waals surface area contributed by atoms with Gasteiger partial charge in [-0.2, -0.15) is 0 Å². The fourth-order valence-electron chi connectivity index (χ4n) is 4.26. The van der Waals surface area contributed by atoms with Crippen molar-refractivity contribution in [1.29, 1.82) is 0 Å². The fourth-order valence-corrected chi connectivity index (χ4v) is 4.26. The molecule has 170 valence electrons. The topological polar surface area (TPSA) is 149 Å². The number of rotatable bonds is 5. The molecule has 5 rings (SSSR count). The van der Waals surface area contributed by atoms with Crippen LogP contribution in [0.1, 0.15) is 41.4 Å². The SMILES string of the molecule is Nc1ncc(-c2ccccc2)nc1C(=O)Nc1cnccc1[C@@H]1C[C@H](N)[C@@H](O)C(C2CC2)O1. The van der Waals surface area contributed by atoms with E-state index in [1.165, 1.54) is 6.20 Å². The molecule has 1 saturated carbocycles. The van der Waals surface area contributed by atoms with Crippen LogP contribution in [-0.4, -0.2) is 44.2 Å². The maximum Gasteiger partial charge on any atom is 0.278 e. The van der Waals surface area contributed by atoms with E-state index >= 15 is 0 Å². The lowest BCUT2D eigenvalue weighted by molar-refractivity contribution is -0.136. The minimum atomic E-state index is -0.690. The molecular formula is C24H26N6O3. The van der Waals surface area contributed by atoms with Gasteiger partial charge in [0.2, 0.25) is 0 Å². The maximum absolute atomic E-state index is 13.1. The quantitative estimate of drug-likeness (QED) is 0.466. The summed E-state index contributed by atoms with van der Waals surface area (Å²) in [5.74, 6) is -0.138. The average molecular weight is 447 g/mol. The summed E-state index contributed by atoms with van der Waals surface area (Å²) in [5, 5.41) is 13.3. The predicted octanol–water partition coefficient (Wildman–Crippen LogP) is 2.30. The van der Waals surface area contributed by atoms with Crippen molar-refractivity contribution in [2.75, 3.05) is 11.1 Å². The van der Waals surface area contributed by atoms with Crippen molar-refractivity contribution >= 4 is 17.4 Å². The molecule has 9 nitrogen and oxygen atoms in total. The van der Waals surface area contributed by atoms with Gasteiger partial charge in [-0.15, -0.1) is 0 Å². The monoisotopic (exact) mass is 446 g/mol. The molecule has 3 heterocycles. The number of nitrogens with two attached hydrogens (primary N) is 2. The third-order valence-electron chi connectivity index (χ3n) is 6.20. The molecule has 1 aliphatic heterocycles. The average Bonchev–Trinajstić information content (AvgIpc) is 3.67. The highest BCUT2D eigenvalue weighted by molar-refractivity contribution is 6.06. The van der Waals surface area contributed by atoms with Gasteiger partial charge in [-0.05, 0) is 31.2 Å². The number of hydrogen-bond donors (Lipinski definition) is 4. The second kappa shape index (κ2) is 8.86. The van der Waals surface area contributed by atoms with Gasteiger partial charge in [-0.3, -0.25) is 9.78 Å². The van der Waals surface area contributed by atoms with Gasteiger partial charge in [-0.1, -0.05) is 30.3 Å². The van der Waals surface area contributed by atoms with E-state index in [1.807, 2.05) is 30.3 Å². The van der Waals surface area contributed by atoms with E-state index in [0.717, 1.165) is 24.0 Å². The van der Waals surface area contributed by atoms with Gasteiger partial charge in [0.15, 0.2) is 11.5 Å². The number of pyridine rings is 1. The molecule has 0 bridgehead atoms. The molecule has 0 spiro atoms. The van der Waals surface area contributed by atoms with Crippen molar-refractivity contribution in [2.24, 2.45) is 11.7 Å². The van der Waals surface area contributed by atoms with E-state index in [0.29, 0.717) is 23.7 Å². The first-order valence-corrected chi connectivity index (χ1v) is 11.0. The Balaban J connectivity index is 1.40. The van der Waals surface area contributed by atoms with Crippen LogP contribution in [0.4, 0.5) is 11.5 Å². The number of hydrogen-bond acceptors (Lipinski definition) is 8. The number of amides is 1. The molecule has 1 aromatic carbocycles. The van der Waals surface area contributed by atoms with Crippen LogP contribution in [0.3, 0.4) is 0 Å². The molecule has 0 radical (unpaired) electrons. The lowest BCUT2D eigenvalue weighted by Crippen LogP contribution is -2.50. The van der Waals surface area contributed by atoms with Gasteiger partial charge >= 0.3 is 0 Å². The lowest BCUT2D eigenvalue weighted by atomic mass is 9.90. The second-order valence-electron chi connectivity index (χ2n) is 8.59. The van der Waals surface area contributed by atoms with Gasteiger partial charge < -0.3 is 26.6 Å². The van der Waals surface area contributed by atoms with Crippen LogP contribution in [0.5, 0.6) is 0 Å². The Hall–Kier alpha value is -3.40. The van der Waals surface area contributed by atoms with E-state index in [-0.39, 0.29) is 23.7 Å². The molecule has 1 unspecified atom stereocenters. The highest BCUT2D eigenvalue weighted by Crippen LogP contribution is 2.43. The Kier molecular flexibility index (Phi) is 5.76. The third kappa shape index (κ3) is 4.43. The molecule has 3 aromatic rings. The summed E-state index contributed by atoms with van der Waals surface area (Å²) >= 11 is 0. The van der Waals surface area contributed by atoms with E-state index in [2.05, 4.69) is 20.3 Å². The van der Waals surface area contributed by atoms with Crippen molar-refractivity contribution in [3.63, 3.8) is 0 Å². The number of anilines is 2. The van der Waals surface area contributed by atoms with E-state index in [1.54, 1.807) is 18.5 Å². The minimum absolute atomic E-state index is 0.0266. The van der Waals surface area contributed by atoms with Crippen molar-refractivity contribution < 1.29 is 14.6 Å². The van der Waals surface area contributed by atoms with Crippen LogP contribution in [0.25, 0.3) is 11.3 Å². The number of aliphatic hydroxyl groups excluding tert-OH is 1. The van der Waals surface area contributed by atoms with E-state index < -0.39 is 18.1 Å². The number of carbonyl (C=O) groups excluding carboxylic acids is 1. The van der Waals surface area contributed by atoms with Crippen LogP contribution in [0.15, 0.2) is 55.0 Å². The molecule has 1 amide bonds. The molecule has 33 heavy (non-hydrogen) atoms. The Bertz CT molecular complexity index is 1150. The van der Waals surface area contributed by atoms with Gasteiger partial charge in [0, 0.05) is 23.4 Å². The van der Waals surface area contributed by atoms with Gasteiger partial charge in [-0.25, -0.2) is 9.97 Å². The molecule has 1 aliphatic carbocycles. The molecule has 4 atom stereocenters. The Morgan fingerprint density at radius 3 is 2.70 bits per heavy atom. The van der Waals surface area contributed by atoms with Gasteiger partial charge in [0.05, 0.1) is 42.1 Å². The first-order valence-electron chi connectivity index (χ1n) is 11.0. The maximum atomic E-state index is 13.1. The first kappa shape index (κ1) is 21.4. The summed E-state index contributed by atoms with van der Waals surface area (Å²) in [4.78, 5) is 25.9. The minimum Gasteiger partial charge on any atom is -0.389 e. The third-order valence-corrected chi connectivity index (χ3v) is 6.20. The Labute approximate surface area is 191 Å². The molecular weight excluding hydrogens is 420 g/mol. The predicted molar refractivity (Wildman–Crippen MR) is 123 cm³/mol. The summed E-state index contributed by atoms with van der Waals surface area (Å²) in [6.45, 7) is 0. The van der Waals surface area contributed by atoms with E-state index in [4.69, 9.17) is 16.2 Å². The summed E-state index contributed by atoms with van der Waals surface area (Å²) in [5.41, 5.74) is 14.8. The van der Waals surface area contributed by atoms with Crippen LogP contribution < -0.4 is 16.8 Å². The number of ether oxygens (including phenoxy) is 1. The zero-order valence-corrected chi connectivity index (χ0v) is 18.0. The molecule has 2 aliphatic rings. The molecule has 1 saturated heterocycles. The molecule has 9 heteroatoms. The van der Waals surface area contributed by atoms with Crippen molar-refractivity contribution in [1.82, 2.24) is 15.0 Å². The van der Waals surface area contributed by atoms with Crippen LogP contribution >= 0.6 is 0 Å². The summed E-state index contributed by atoms with van der Waals surface area (Å²) in [7, 11) is 0. The number of carbonyl (C=O) groups is 1. The van der Waals surface area contributed by atoms with Crippen LogP contribution in [0.2, 0.25) is 0 Å². The van der Waals surface area contributed by atoms with Crippen LogP contribution in [-0.2, 0) is 4.74 Å². The van der Waals surface area contributed by atoms with Crippen molar-refractivity contribution in [3.05, 3.63) is 66.2 Å². The summed E-state index contributed by atoms with van der Waals surface area (Å²) < 4.78 is 6.25. The highest BCUT2D eigenvalue weighted by Gasteiger charge is 2.45. The van der Waals surface area contributed by atoms with Gasteiger partial charge in [0.1, 0.15) is 0 Å². The summed E-state index contributed by atoms with van der Waals surface area (Å²) in [6, 6.07) is 10.8. The fraction of sp³-hybridized carbons (Fsp3) is 0.333. The lowest BCUT2D eigenvalue weighted by Gasteiger charge is -2.38. The van der Waals surface area contributed by atoms with Crippen molar-refractivity contribution in [2.45, 2.75) is 43.6 Å². The molecule has 2 aromatic heterocycles. The Morgan fingerprint density at radius 1 is 1.15 bits per heavy atom. The normalized spacial score (nSPS) is 24.9. The largest absolute Gasteiger partial charge is 0.389 e. The van der Waals surface area contributed by atoms with Gasteiger partial charge in [0.25, 0.3) is 5.91 Å². The highest BCUT2D eigenvalue weighted by atomic mass is 16.5. The Morgan fingerprint density at radius 2 is 1.94 bits per heavy atom. The first-order chi connectivity index (χ1) is 16.0. The number of aromatic nitrogens is 3. The molecule has 6 N–H and O–H groups in total. The second-order valence-corrected chi connectivity index (χ2v) is 8.59. The van der Waals surface area contributed by atoms with E-state index in [9.17, 15) is 9.90 Å². The van der Waals surface area contributed by atoms with Crippen LogP contribution in [0, 0.1) is 5.92 Å². The number of nitrogens with one attached hydrogen (secondary N) is 1. The zero-order chi connectivity index (χ0) is 22.9. The smallest absolute Gasteiger partial charge is 0.278 e. The zero-order valence-electron chi connectivity index (χ0n) is 18.0.